The number of hydrogen-bond donors (Lipinski definition) is 3. The Morgan fingerprint density at radius 1 is 1.00 bits per heavy atom. The Morgan fingerprint density at radius 2 is 1.73 bits per heavy atom. The number of aromatic nitrogens is 5. The van der Waals surface area contributed by atoms with Crippen molar-refractivity contribution in [1.29, 1.82) is 0 Å². The summed E-state index contributed by atoms with van der Waals surface area (Å²) in [6.45, 7) is 4.11. The zero-order chi connectivity index (χ0) is 23.0. The van der Waals surface area contributed by atoms with Crippen LogP contribution in [0.3, 0.4) is 0 Å². The fourth-order valence-electron chi connectivity index (χ4n) is 3.70. The van der Waals surface area contributed by atoms with E-state index in [0.29, 0.717) is 43.3 Å². The van der Waals surface area contributed by atoms with E-state index in [1.807, 2.05) is 29.2 Å². The molecule has 178 valence electrons. The summed E-state index contributed by atoms with van der Waals surface area (Å²) < 4.78 is 7.34. The van der Waals surface area contributed by atoms with Gasteiger partial charge in [-0.2, -0.15) is 9.67 Å². The molecule has 1 saturated heterocycles. The number of hydrogen-bond acceptors (Lipinski definition) is 11. The predicted octanol–water partition coefficient (Wildman–Crippen LogP) is 1.02. The van der Waals surface area contributed by atoms with Crippen LogP contribution in [0.15, 0.2) is 24.3 Å². The van der Waals surface area contributed by atoms with Gasteiger partial charge in [0, 0.05) is 38.3 Å². The minimum Gasteiger partial charge on any atom is -0.492 e. The van der Waals surface area contributed by atoms with Crippen molar-refractivity contribution in [3.05, 3.63) is 24.3 Å². The average Bonchev–Trinajstić information content (AvgIpc) is 3.47. The van der Waals surface area contributed by atoms with Crippen molar-refractivity contribution in [3.8, 4) is 21.5 Å². The van der Waals surface area contributed by atoms with E-state index in [0.717, 1.165) is 42.3 Å². The minimum atomic E-state index is 0.0539. The van der Waals surface area contributed by atoms with Gasteiger partial charge in [-0.1, -0.05) is 11.3 Å². The van der Waals surface area contributed by atoms with E-state index < -0.39 is 0 Å². The third kappa shape index (κ3) is 5.96. The smallest absolute Gasteiger partial charge is 0.247 e. The van der Waals surface area contributed by atoms with Gasteiger partial charge in [-0.05, 0) is 43.5 Å². The maximum atomic E-state index is 9.08. The number of benzene rings is 1. The van der Waals surface area contributed by atoms with Crippen LogP contribution in [0.2, 0.25) is 0 Å². The van der Waals surface area contributed by atoms with Crippen molar-refractivity contribution in [2.24, 2.45) is 0 Å². The first-order valence-corrected chi connectivity index (χ1v) is 12.0. The van der Waals surface area contributed by atoms with Crippen LogP contribution in [0.1, 0.15) is 19.3 Å². The van der Waals surface area contributed by atoms with Gasteiger partial charge in [-0.15, -0.1) is 15.3 Å². The van der Waals surface area contributed by atoms with Gasteiger partial charge in [-0.3, -0.25) is 4.90 Å². The highest BCUT2D eigenvalue weighted by atomic mass is 32.1. The molecule has 0 bridgehead atoms. The standard InChI is InChI=1S/C21H30N8O3S/c22-19-23-20(28-8-2-1-3-9-28)26-29(19)21-25-24-18(33-21)16-4-6-17(7-5-16)32-15-12-27(10-13-30)11-14-31/h4-7,30-31H,1-3,8-15H2,(H2,22,23,26). The second-order valence-electron chi connectivity index (χ2n) is 7.78. The fraction of sp³-hybridized carbons (Fsp3) is 0.524. The van der Waals surface area contributed by atoms with Crippen molar-refractivity contribution in [2.45, 2.75) is 19.3 Å². The van der Waals surface area contributed by atoms with E-state index in [-0.39, 0.29) is 13.2 Å². The van der Waals surface area contributed by atoms with Crippen LogP contribution in [0.25, 0.3) is 15.7 Å². The summed E-state index contributed by atoms with van der Waals surface area (Å²) in [7, 11) is 0. The molecule has 1 aliphatic rings. The van der Waals surface area contributed by atoms with Crippen molar-refractivity contribution in [2.75, 3.05) is 63.2 Å². The van der Waals surface area contributed by atoms with Crippen molar-refractivity contribution in [3.63, 3.8) is 0 Å². The third-order valence-corrected chi connectivity index (χ3v) is 6.41. The zero-order valence-electron chi connectivity index (χ0n) is 18.5. The van der Waals surface area contributed by atoms with Gasteiger partial charge in [0.1, 0.15) is 17.4 Å². The van der Waals surface area contributed by atoms with Crippen molar-refractivity contribution in [1.82, 2.24) is 29.9 Å². The van der Waals surface area contributed by atoms with Crippen LogP contribution in [-0.2, 0) is 0 Å². The number of nitrogen functional groups attached to an aromatic ring is 1. The van der Waals surface area contributed by atoms with Crippen LogP contribution >= 0.6 is 11.3 Å². The Balaban J connectivity index is 1.37. The van der Waals surface area contributed by atoms with Gasteiger partial charge in [0.15, 0.2) is 0 Å². The van der Waals surface area contributed by atoms with Gasteiger partial charge >= 0.3 is 0 Å². The summed E-state index contributed by atoms with van der Waals surface area (Å²) in [6.07, 6.45) is 3.52. The molecule has 0 saturated carbocycles. The number of anilines is 2. The van der Waals surface area contributed by atoms with Gasteiger partial charge in [0.25, 0.3) is 0 Å². The largest absolute Gasteiger partial charge is 0.492 e. The molecule has 1 fully saturated rings. The third-order valence-electron chi connectivity index (χ3n) is 5.47. The van der Waals surface area contributed by atoms with Crippen LogP contribution < -0.4 is 15.4 Å². The number of aliphatic hydroxyl groups excluding tert-OH is 2. The lowest BCUT2D eigenvalue weighted by Crippen LogP contribution is -2.33. The summed E-state index contributed by atoms with van der Waals surface area (Å²) >= 11 is 1.40. The van der Waals surface area contributed by atoms with E-state index in [1.54, 1.807) is 4.68 Å². The van der Waals surface area contributed by atoms with E-state index in [4.69, 9.17) is 20.7 Å². The normalized spacial score (nSPS) is 14.2. The molecule has 2 aromatic heterocycles. The maximum Gasteiger partial charge on any atom is 0.247 e. The van der Waals surface area contributed by atoms with Gasteiger partial charge in [0.2, 0.25) is 17.0 Å². The number of piperidine rings is 1. The van der Waals surface area contributed by atoms with Crippen molar-refractivity contribution < 1.29 is 14.9 Å². The summed E-state index contributed by atoms with van der Waals surface area (Å²) in [5, 5.41) is 32.6. The lowest BCUT2D eigenvalue weighted by molar-refractivity contribution is 0.141. The number of ether oxygens (including phenoxy) is 1. The summed E-state index contributed by atoms with van der Waals surface area (Å²) in [4.78, 5) is 8.52. The highest BCUT2D eigenvalue weighted by Gasteiger charge is 2.19. The first kappa shape index (κ1) is 23.4. The maximum absolute atomic E-state index is 9.08. The second-order valence-corrected chi connectivity index (χ2v) is 8.74. The van der Waals surface area contributed by atoms with Crippen LogP contribution in [0, 0.1) is 0 Å². The molecule has 1 aromatic carbocycles. The lowest BCUT2D eigenvalue weighted by Gasteiger charge is -2.24. The van der Waals surface area contributed by atoms with Gasteiger partial charge in [-0.25, -0.2) is 0 Å². The predicted molar refractivity (Wildman–Crippen MR) is 127 cm³/mol. The topological polar surface area (TPSA) is 139 Å². The molecule has 0 spiro atoms. The van der Waals surface area contributed by atoms with Crippen LogP contribution in [0.4, 0.5) is 11.9 Å². The zero-order valence-corrected chi connectivity index (χ0v) is 19.3. The molecule has 12 heteroatoms. The summed E-state index contributed by atoms with van der Waals surface area (Å²) in [5.74, 6) is 1.68. The van der Waals surface area contributed by atoms with E-state index >= 15 is 0 Å². The monoisotopic (exact) mass is 474 g/mol. The molecule has 0 atom stereocenters. The number of aliphatic hydroxyl groups is 2. The molecule has 0 radical (unpaired) electrons. The molecule has 0 amide bonds. The molecule has 3 heterocycles. The molecule has 1 aliphatic heterocycles. The summed E-state index contributed by atoms with van der Waals surface area (Å²) in [6, 6.07) is 7.64. The Hall–Kier alpha value is -2.80. The molecule has 0 aliphatic carbocycles. The molecular formula is C21H30N8O3S. The fourth-order valence-corrected chi connectivity index (χ4v) is 4.51. The highest BCUT2D eigenvalue weighted by Crippen LogP contribution is 2.28. The number of nitrogens with zero attached hydrogens (tertiary/aromatic N) is 7. The van der Waals surface area contributed by atoms with Crippen LogP contribution in [0.5, 0.6) is 5.75 Å². The molecule has 33 heavy (non-hydrogen) atoms. The molecule has 4 N–H and O–H groups in total. The first-order valence-electron chi connectivity index (χ1n) is 11.2. The van der Waals surface area contributed by atoms with Crippen LogP contribution in [-0.4, -0.2) is 92.6 Å². The summed E-state index contributed by atoms with van der Waals surface area (Å²) in [5.41, 5.74) is 7.03. The van der Waals surface area contributed by atoms with Crippen molar-refractivity contribution >= 4 is 23.2 Å². The van der Waals surface area contributed by atoms with E-state index in [1.165, 1.54) is 17.8 Å². The Kier molecular flexibility index (Phi) is 8.05. The molecule has 3 aromatic rings. The quantitative estimate of drug-likeness (QED) is 0.369. The lowest BCUT2D eigenvalue weighted by atomic mass is 10.1. The number of rotatable bonds is 11. The molecule has 11 nitrogen and oxygen atoms in total. The molecular weight excluding hydrogens is 444 g/mol. The SMILES string of the molecule is Nc1nc(N2CCCCC2)nn1-c1nnc(-c2ccc(OCCN(CCO)CCO)cc2)s1. The second kappa shape index (κ2) is 11.4. The Bertz CT molecular complexity index is 997. The van der Waals surface area contributed by atoms with E-state index in [2.05, 4.69) is 25.2 Å². The Morgan fingerprint density at radius 3 is 2.42 bits per heavy atom. The molecule has 4 rings (SSSR count). The number of nitrogens with two attached hydrogens (primary N) is 1. The Labute approximate surface area is 196 Å². The average molecular weight is 475 g/mol. The van der Waals surface area contributed by atoms with Gasteiger partial charge < -0.3 is 25.6 Å². The van der Waals surface area contributed by atoms with E-state index in [9.17, 15) is 0 Å². The highest BCUT2D eigenvalue weighted by molar-refractivity contribution is 7.17. The van der Waals surface area contributed by atoms with Gasteiger partial charge in [0.05, 0.1) is 13.2 Å². The first-order chi connectivity index (χ1) is 16.2. The molecule has 0 unspecified atom stereocenters. The minimum absolute atomic E-state index is 0.0539.